The molecule has 0 saturated carbocycles. The standard InChI is InChI=1S/C23H23B/c1-17-10-8-9-13-22(17)23-16-20(15-14-18(23)2)19(3)24(4)21-11-6-5-7-12-21/h5-16H,3H2,1-2,4H3. The van der Waals surface area contributed by atoms with E-state index in [2.05, 4.69) is 100 Å². The van der Waals surface area contributed by atoms with Gasteiger partial charge in [0.15, 0.2) is 0 Å². The molecule has 0 aromatic heterocycles. The summed E-state index contributed by atoms with van der Waals surface area (Å²) in [5.41, 5.74) is 8.89. The van der Waals surface area contributed by atoms with Gasteiger partial charge in [0, 0.05) is 0 Å². The molecule has 0 atom stereocenters. The highest BCUT2D eigenvalue weighted by Gasteiger charge is 2.16. The van der Waals surface area contributed by atoms with Gasteiger partial charge in [0.2, 0.25) is 6.71 Å². The average Bonchev–Trinajstić information content (AvgIpc) is 2.62. The Morgan fingerprint density at radius 3 is 2.08 bits per heavy atom. The summed E-state index contributed by atoms with van der Waals surface area (Å²) in [4.78, 5) is 0. The minimum absolute atomic E-state index is 0.304. The van der Waals surface area contributed by atoms with E-state index in [-0.39, 0.29) is 0 Å². The third-order valence-corrected chi connectivity index (χ3v) is 4.87. The van der Waals surface area contributed by atoms with Crippen LogP contribution in [0.25, 0.3) is 16.6 Å². The molecule has 0 aliphatic rings. The fraction of sp³-hybridized carbons (Fsp3) is 0.130. The second-order valence-corrected chi connectivity index (χ2v) is 6.50. The Hall–Kier alpha value is -2.54. The Labute approximate surface area is 146 Å². The molecule has 0 fully saturated rings. The number of hydrogen-bond donors (Lipinski definition) is 0. The van der Waals surface area contributed by atoms with E-state index >= 15 is 0 Å². The quantitative estimate of drug-likeness (QED) is 0.554. The number of hydrogen-bond acceptors (Lipinski definition) is 0. The predicted molar refractivity (Wildman–Crippen MR) is 108 cm³/mol. The Morgan fingerprint density at radius 1 is 0.750 bits per heavy atom. The highest BCUT2D eigenvalue weighted by Crippen LogP contribution is 2.29. The molecule has 3 rings (SSSR count). The van der Waals surface area contributed by atoms with Gasteiger partial charge in [-0.05, 0) is 47.7 Å². The minimum atomic E-state index is 0.304. The molecule has 0 heterocycles. The Bertz CT molecular complexity index is 862. The summed E-state index contributed by atoms with van der Waals surface area (Å²) >= 11 is 0. The highest BCUT2D eigenvalue weighted by atomic mass is 14.1. The van der Waals surface area contributed by atoms with Gasteiger partial charge in [-0.1, -0.05) is 84.5 Å². The van der Waals surface area contributed by atoms with E-state index in [1.54, 1.807) is 0 Å². The third-order valence-electron chi connectivity index (χ3n) is 4.87. The van der Waals surface area contributed by atoms with Gasteiger partial charge in [-0.3, -0.25) is 0 Å². The molecule has 24 heavy (non-hydrogen) atoms. The molecule has 0 aliphatic carbocycles. The lowest BCUT2D eigenvalue weighted by Crippen LogP contribution is -2.27. The van der Waals surface area contributed by atoms with Gasteiger partial charge in [0.05, 0.1) is 0 Å². The summed E-state index contributed by atoms with van der Waals surface area (Å²) < 4.78 is 0. The molecule has 118 valence electrons. The van der Waals surface area contributed by atoms with Gasteiger partial charge in [-0.25, -0.2) is 0 Å². The van der Waals surface area contributed by atoms with Crippen molar-refractivity contribution in [3.05, 3.63) is 96.1 Å². The molecule has 0 bridgehead atoms. The fourth-order valence-corrected chi connectivity index (χ4v) is 3.18. The smallest absolute Gasteiger partial charge is 0.104 e. The number of rotatable bonds is 4. The third kappa shape index (κ3) is 3.21. The molecule has 1 heteroatoms. The molecule has 0 saturated heterocycles. The van der Waals surface area contributed by atoms with Gasteiger partial charge in [0.1, 0.15) is 0 Å². The normalized spacial score (nSPS) is 10.5. The number of benzene rings is 3. The highest BCUT2D eigenvalue weighted by molar-refractivity contribution is 6.88. The van der Waals surface area contributed by atoms with Crippen LogP contribution in [0.15, 0.2) is 79.4 Å². The molecule has 0 amide bonds. The monoisotopic (exact) mass is 310 g/mol. The van der Waals surface area contributed by atoms with Crippen molar-refractivity contribution in [1.29, 1.82) is 0 Å². The van der Waals surface area contributed by atoms with Crippen molar-refractivity contribution in [1.82, 2.24) is 0 Å². The second-order valence-electron chi connectivity index (χ2n) is 6.50. The number of aryl methyl sites for hydroxylation is 2. The van der Waals surface area contributed by atoms with Crippen LogP contribution < -0.4 is 5.46 Å². The summed E-state index contributed by atoms with van der Waals surface area (Å²) in [6.45, 7) is 11.3. The van der Waals surface area contributed by atoms with Crippen molar-refractivity contribution >= 4 is 17.6 Å². The first kappa shape index (κ1) is 16.3. The summed E-state index contributed by atoms with van der Waals surface area (Å²) in [7, 11) is 0. The van der Waals surface area contributed by atoms with Crippen LogP contribution in [0.2, 0.25) is 6.82 Å². The molecule has 3 aromatic carbocycles. The topological polar surface area (TPSA) is 0 Å². The zero-order chi connectivity index (χ0) is 17.1. The zero-order valence-electron chi connectivity index (χ0n) is 14.7. The van der Waals surface area contributed by atoms with E-state index < -0.39 is 0 Å². The van der Waals surface area contributed by atoms with E-state index in [9.17, 15) is 0 Å². The molecule has 0 nitrogen and oxygen atoms in total. The van der Waals surface area contributed by atoms with E-state index in [4.69, 9.17) is 0 Å². The van der Waals surface area contributed by atoms with E-state index in [0.717, 1.165) is 5.47 Å². The zero-order valence-corrected chi connectivity index (χ0v) is 14.7. The molecule has 0 N–H and O–H groups in total. The summed E-state index contributed by atoms with van der Waals surface area (Å²) in [5.74, 6) is 0. The maximum atomic E-state index is 4.39. The Kier molecular flexibility index (Phi) is 4.71. The van der Waals surface area contributed by atoms with Gasteiger partial charge in [-0.2, -0.15) is 0 Å². The lowest BCUT2D eigenvalue weighted by molar-refractivity contribution is 1.40. The van der Waals surface area contributed by atoms with Crippen molar-refractivity contribution in [2.45, 2.75) is 20.7 Å². The van der Waals surface area contributed by atoms with Crippen molar-refractivity contribution in [3.63, 3.8) is 0 Å². The Balaban J connectivity index is 2.00. The van der Waals surface area contributed by atoms with Crippen LogP contribution in [0, 0.1) is 13.8 Å². The molecular formula is C23H23B. The molecule has 0 aliphatic heterocycles. The van der Waals surface area contributed by atoms with Crippen LogP contribution in [0.1, 0.15) is 16.7 Å². The molecule has 3 aromatic rings. The largest absolute Gasteiger partial charge is 0.206 e. The summed E-state index contributed by atoms with van der Waals surface area (Å²) in [6, 6.07) is 25.8. The van der Waals surface area contributed by atoms with Crippen LogP contribution in [0.3, 0.4) is 0 Å². The fourth-order valence-electron chi connectivity index (χ4n) is 3.18. The van der Waals surface area contributed by atoms with Crippen molar-refractivity contribution in [3.8, 4) is 11.1 Å². The Morgan fingerprint density at radius 2 is 1.38 bits per heavy atom. The molecular weight excluding hydrogens is 287 g/mol. The van der Waals surface area contributed by atoms with E-state index in [1.807, 2.05) is 0 Å². The van der Waals surface area contributed by atoms with Crippen LogP contribution >= 0.6 is 0 Å². The second kappa shape index (κ2) is 6.92. The van der Waals surface area contributed by atoms with Gasteiger partial charge >= 0.3 is 0 Å². The lowest BCUT2D eigenvalue weighted by Gasteiger charge is -2.16. The molecule has 0 unspecified atom stereocenters. The maximum Gasteiger partial charge on any atom is 0.206 e. The predicted octanol–water partition coefficient (Wildman–Crippen LogP) is 5.55. The van der Waals surface area contributed by atoms with Crippen LogP contribution in [0.5, 0.6) is 0 Å². The van der Waals surface area contributed by atoms with Crippen molar-refractivity contribution in [2.75, 3.05) is 0 Å². The maximum absolute atomic E-state index is 4.39. The van der Waals surface area contributed by atoms with Gasteiger partial charge in [-0.15, -0.1) is 6.58 Å². The van der Waals surface area contributed by atoms with Gasteiger partial charge in [0.25, 0.3) is 0 Å². The van der Waals surface area contributed by atoms with Crippen LogP contribution in [-0.2, 0) is 0 Å². The SMILES string of the molecule is C=C(B(C)c1ccccc1)c1ccc(C)c(-c2ccccc2C)c1. The molecule has 0 radical (unpaired) electrons. The minimum Gasteiger partial charge on any atom is -0.104 e. The van der Waals surface area contributed by atoms with Gasteiger partial charge < -0.3 is 0 Å². The first-order valence-corrected chi connectivity index (χ1v) is 8.48. The van der Waals surface area contributed by atoms with Crippen LogP contribution in [-0.4, -0.2) is 6.71 Å². The van der Waals surface area contributed by atoms with E-state index in [0.29, 0.717) is 6.71 Å². The lowest BCUT2D eigenvalue weighted by atomic mass is 9.41. The summed E-state index contributed by atoms with van der Waals surface area (Å²) in [6.07, 6.45) is 0. The van der Waals surface area contributed by atoms with Crippen molar-refractivity contribution in [2.24, 2.45) is 0 Å². The first-order chi connectivity index (χ1) is 11.6. The summed E-state index contributed by atoms with van der Waals surface area (Å²) in [5, 5.41) is 0. The van der Waals surface area contributed by atoms with Crippen LogP contribution in [0.4, 0.5) is 0 Å². The first-order valence-electron chi connectivity index (χ1n) is 8.48. The molecule has 0 spiro atoms. The van der Waals surface area contributed by atoms with Crippen molar-refractivity contribution < 1.29 is 0 Å². The average molecular weight is 310 g/mol. The van der Waals surface area contributed by atoms with E-state index in [1.165, 1.54) is 33.3 Å².